The molecule has 0 aromatic heterocycles. The summed E-state index contributed by atoms with van der Waals surface area (Å²) in [5.41, 5.74) is -0.328. The van der Waals surface area contributed by atoms with E-state index >= 15 is 0 Å². The lowest BCUT2D eigenvalue weighted by atomic mass is 9.82. The highest BCUT2D eigenvalue weighted by molar-refractivity contribution is 7.80. The van der Waals surface area contributed by atoms with Crippen LogP contribution in [0.25, 0.3) is 0 Å². The summed E-state index contributed by atoms with van der Waals surface area (Å²) >= 11 is 4.09. The number of rotatable bonds is 3. The molecule has 1 unspecified atom stereocenters. The molecule has 2 aromatic carbocycles. The summed E-state index contributed by atoms with van der Waals surface area (Å²) < 4.78 is 38.4. The van der Waals surface area contributed by atoms with E-state index in [4.69, 9.17) is 0 Å². The van der Waals surface area contributed by atoms with Crippen LogP contribution >= 0.6 is 25.0 Å². The maximum Gasteiger partial charge on any atom is 0.416 e. The number of carbonyl (C=O) groups excluding carboxylic acids is 1. The van der Waals surface area contributed by atoms with E-state index in [0.717, 1.165) is 37.1 Å². The zero-order chi connectivity index (χ0) is 18.8. The zero-order valence-electron chi connectivity index (χ0n) is 14.3. The van der Waals surface area contributed by atoms with Crippen molar-refractivity contribution in [2.75, 3.05) is 13.1 Å². The highest BCUT2D eigenvalue weighted by atomic mass is 35.5. The molecule has 2 aromatic rings. The molecule has 1 fully saturated rings. The van der Waals surface area contributed by atoms with Gasteiger partial charge in [0.1, 0.15) is 0 Å². The highest BCUT2D eigenvalue weighted by Crippen LogP contribution is 2.33. The lowest BCUT2D eigenvalue weighted by Gasteiger charge is -2.39. The fourth-order valence-corrected chi connectivity index (χ4v) is 3.59. The molecular formula is C19H20ClF3N2OS. The monoisotopic (exact) mass is 416 g/mol. The van der Waals surface area contributed by atoms with Crippen molar-refractivity contribution in [1.29, 1.82) is 0 Å². The fourth-order valence-electron chi connectivity index (χ4n) is 3.27. The maximum absolute atomic E-state index is 12.8. The molecule has 1 saturated heterocycles. The lowest BCUT2D eigenvalue weighted by molar-refractivity contribution is -0.137. The molecule has 1 heterocycles. The second-order valence-corrected chi connectivity index (χ2v) is 6.89. The molecule has 1 aliphatic rings. The summed E-state index contributed by atoms with van der Waals surface area (Å²) in [6.07, 6.45) is -2.83. The lowest BCUT2D eigenvalue weighted by Crippen LogP contribution is -2.55. The van der Waals surface area contributed by atoms with Gasteiger partial charge < -0.3 is 10.6 Å². The first-order chi connectivity index (χ1) is 12.3. The minimum absolute atomic E-state index is 0. The van der Waals surface area contributed by atoms with Gasteiger partial charge in [-0.05, 0) is 43.1 Å². The van der Waals surface area contributed by atoms with Crippen molar-refractivity contribution in [2.24, 2.45) is 0 Å². The molecule has 0 spiro atoms. The van der Waals surface area contributed by atoms with Crippen LogP contribution in [0.2, 0.25) is 0 Å². The first-order valence-electron chi connectivity index (χ1n) is 8.31. The molecule has 1 aliphatic heterocycles. The van der Waals surface area contributed by atoms with Crippen molar-refractivity contribution in [1.82, 2.24) is 10.6 Å². The molecule has 3 nitrogen and oxygen atoms in total. The van der Waals surface area contributed by atoms with Crippen LogP contribution in [0.3, 0.4) is 0 Å². The van der Waals surface area contributed by atoms with Gasteiger partial charge in [0, 0.05) is 11.4 Å². The molecule has 1 amide bonds. The van der Waals surface area contributed by atoms with E-state index in [9.17, 15) is 18.0 Å². The third-order valence-corrected chi connectivity index (χ3v) is 5.00. The van der Waals surface area contributed by atoms with Gasteiger partial charge in [0.2, 0.25) is 0 Å². The van der Waals surface area contributed by atoms with E-state index in [-0.39, 0.29) is 22.9 Å². The summed E-state index contributed by atoms with van der Waals surface area (Å²) in [5.74, 6) is -0.434. The van der Waals surface area contributed by atoms with E-state index in [1.165, 1.54) is 6.07 Å². The Morgan fingerprint density at radius 1 is 1.15 bits per heavy atom. The topological polar surface area (TPSA) is 41.1 Å². The summed E-state index contributed by atoms with van der Waals surface area (Å²) in [5, 5.41) is 6.32. The van der Waals surface area contributed by atoms with Gasteiger partial charge in [-0.1, -0.05) is 30.3 Å². The van der Waals surface area contributed by atoms with Crippen molar-refractivity contribution in [2.45, 2.75) is 29.5 Å². The van der Waals surface area contributed by atoms with Crippen molar-refractivity contribution >= 4 is 30.9 Å². The SMILES string of the molecule is Cl.O=C(NC1(c2ccccc2)CCCNC1)c1ccc(C(F)(F)F)cc1S. The molecule has 27 heavy (non-hydrogen) atoms. The van der Waals surface area contributed by atoms with Crippen LogP contribution in [0.4, 0.5) is 13.2 Å². The van der Waals surface area contributed by atoms with Crippen molar-refractivity contribution in [3.8, 4) is 0 Å². The summed E-state index contributed by atoms with van der Waals surface area (Å²) in [6, 6.07) is 12.6. The Balaban J connectivity index is 0.00000261. The Bertz CT molecular complexity index is 793. The normalized spacial score (nSPS) is 19.9. The second kappa shape index (κ2) is 8.54. The molecule has 146 valence electrons. The minimum Gasteiger partial charge on any atom is -0.341 e. The number of halogens is 4. The Kier molecular flexibility index (Phi) is 6.83. The van der Waals surface area contributed by atoms with E-state index in [1.807, 2.05) is 30.3 Å². The number of benzene rings is 2. The Morgan fingerprint density at radius 3 is 2.41 bits per heavy atom. The summed E-state index contributed by atoms with van der Waals surface area (Å²) in [7, 11) is 0. The number of piperidine rings is 1. The van der Waals surface area contributed by atoms with Gasteiger partial charge >= 0.3 is 6.18 Å². The second-order valence-electron chi connectivity index (χ2n) is 6.41. The average Bonchev–Trinajstić information content (AvgIpc) is 2.62. The van der Waals surface area contributed by atoms with Crippen molar-refractivity contribution in [3.63, 3.8) is 0 Å². The van der Waals surface area contributed by atoms with Crippen LogP contribution < -0.4 is 10.6 Å². The number of hydrogen-bond acceptors (Lipinski definition) is 3. The van der Waals surface area contributed by atoms with Crippen LogP contribution in [-0.4, -0.2) is 19.0 Å². The summed E-state index contributed by atoms with van der Waals surface area (Å²) in [4.78, 5) is 12.8. The van der Waals surface area contributed by atoms with Gasteiger partial charge in [-0.2, -0.15) is 13.2 Å². The zero-order valence-corrected chi connectivity index (χ0v) is 16.1. The molecule has 8 heteroatoms. The highest BCUT2D eigenvalue weighted by Gasteiger charge is 2.36. The molecular weight excluding hydrogens is 397 g/mol. The summed E-state index contributed by atoms with van der Waals surface area (Å²) in [6.45, 7) is 1.42. The predicted molar refractivity (Wildman–Crippen MR) is 104 cm³/mol. The first kappa shape index (κ1) is 21.6. The Labute approximate surface area is 167 Å². The van der Waals surface area contributed by atoms with Gasteiger partial charge in [0.15, 0.2) is 0 Å². The predicted octanol–water partition coefficient (Wildman–Crippen LogP) is 4.42. The smallest absolute Gasteiger partial charge is 0.341 e. The standard InChI is InChI=1S/C19H19F3N2OS.ClH/c20-19(21,22)14-7-8-15(16(26)11-14)17(25)24-18(9-4-10-23-12-18)13-5-2-1-3-6-13;/h1-3,5-8,11,23,26H,4,9-10,12H2,(H,24,25);1H. The van der Waals surface area contributed by atoms with Gasteiger partial charge in [-0.3, -0.25) is 4.79 Å². The van der Waals surface area contributed by atoms with Crippen LogP contribution in [0.5, 0.6) is 0 Å². The molecule has 3 rings (SSSR count). The molecule has 0 bridgehead atoms. The van der Waals surface area contributed by atoms with Crippen molar-refractivity contribution in [3.05, 3.63) is 65.2 Å². The van der Waals surface area contributed by atoms with Crippen molar-refractivity contribution < 1.29 is 18.0 Å². The number of hydrogen-bond donors (Lipinski definition) is 3. The number of nitrogens with one attached hydrogen (secondary N) is 2. The molecule has 0 saturated carbocycles. The quantitative estimate of drug-likeness (QED) is 0.648. The number of carbonyl (C=O) groups is 1. The van der Waals surface area contributed by atoms with Gasteiger partial charge in [-0.25, -0.2) is 0 Å². The van der Waals surface area contributed by atoms with Crippen LogP contribution in [0.15, 0.2) is 53.4 Å². The Hall–Kier alpha value is -1.70. The minimum atomic E-state index is -4.47. The average molecular weight is 417 g/mol. The maximum atomic E-state index is 12.8. The van der Waals surface area contributed by atoms with Gasteiger partial charge in [0.05, 0.1) is 16.7 Å². The van der Waals surface area contributed by atoms with E-state index in [0.29, 0.717) is 6.54 Å². The first-order valence-corrected chi connectivity index (χ1v) is 8.75. The number of amides is 1. The third-order valence-electron chi connectivity index (χ3n) is 4.63. The molecule has 0 aliphatic carbocycles. The third kappa shape index (κ3) is 4.78. The van der Waals surface area contributed by atoms with Crippen LogP contribution in [0.1, 0.15) is 34.3 Å². The van der Waals surface area contributed by atoms with Gasteiger partial charge in [0.25, 0.3) is 5.91 Å². The Morgan fingerprint density at radius 2 is 1.85 bits per heavy atom. The molecule has 1 atom stereocenters. The molecule has 2 N–H and O–H groups in total. The van der Waals surface area contributed by atoms with Crippen LogP contribution in [-0.2, 0) is 11.7 Å². The van der Waals surface area contributed by atoms with E-state index < -0.39 is 23.2 Å². The van der Waals surface area contributed by atoms with E-state index in [1.54, 1.807) is 0 Å². The fraction of sp³-hybridized carbons (Fsp3) is 0.316. The number of alkyl halides is 3. The largest absolute Gasteiger partial charge is 0.416 e. The van der Waals surface area contributed by atoms with Gasteiger partial charge in [-0.15, -0.1) is 25.0 Å². The van der Waals surface area contributed by atoms with Crippen LogP contribution in [0, 0.1) is 0 Å². The van der Waals surface area contributed by atoms with E-state index in [2.05, 4.69) is 23.3 Å². The number of thiol groups is 1. The molecule has 0 radical (unpaired) electrons.